The molecule has 6 nitrogen and oxygen atoms in total. The van der Waals surface area contributed by atoms with Crippen molar-refractivity contribution in [3.8, 4) is 0 Å². The first-order valence-electron chi connectivity index (χ1n) is 6.91. The minimum Gasteiger partial charge on any atom is -0.381 e. The van der Waals surface area contributed by atoms with Crippen LogP contribution in [0.15, 0.2) is 18.6 Å². The van der Waals surface area contributed by atoms with E-state index in [2.05, 4.69) is 32.0 Å². The molecule has 1 N–H and O–H groups in total. The monoisotopic (exact) mass is 273 g/mol. The lowest BCUT2D eigenvalue weighted by molar-refractivity contribution is 0.0657. The normalized spacial score (nSPS) is 16.3. The highest BCUT2D eigenvalue weighted by Gasteiger charge is 2.19. The van der Waals surface area contributed by atoms with E-state index < -0.39 is 0 Å². The lowest BCUT2D eigenvalue weighted by Gasteiger charge is -2.23. The predicted octanol–water partition coefficient (Wildman–Crippen LogP) is 2.39. The Morgan fingerprint density at radius 3 is 2.55 bits per heavy atom. The van der Waals surface area contributed by atoms with E-state index in [-0.39, 0.29) is 0 Å². The highest BCUT2D eigenvalue weighted by atomic mass is 16.5. The maximum Gasteiger partial charge on any atom is 0.227 e. The van der Waals surface area contributed by atoms with Crippen molar-refractivity contribution in [2.45, 2.75) is 32.7 Å². The molecule has 0 amide bonds. The summed E-state index contributed by atoms with van der Waals surface area (Å²) in [6.07, 6.45) is 7.47. The van der Waals surface area contributed by atoms with Crippen LogP contribution < -0.4 is 5.32 Å². The van der Waals surface area contributed by atoms with Gasteiger partial charge in [-0.2, -0.15) is 5.10 Å². The molecule has 0 aromatic carbocycles. The van der Waals surface area contributed by atoms with Gasteiger partial charge in [0.25, 0.3) is 0 Å². The zero-order valence-electron chi connectivity index (χ0n) is 11.8. The van der Waals surface area contributed by atoms with Crippen molar-refractivity contribution in [1.82, 2.24) is 19.7 Å². The van der Waals surface area contributed by atoms with Crippen LogP contribution in [-0.2, 0) is 4.74 Å². The van der Waals surface area contributed by atoms with Crippen LogP contribution in [0.3, 0.4) is 0 Å². The molecule has 106 valence electrons. The van der Waals surface area contributed by atoms with Crippen molar-refractivity contribution < 1.29 is 4.74 Å². The van der Waals surface area contributed by atoms with E-state index in [0.29, 0.717) is 12.0 Å². The number of anilines is 2. The summed E-state index contributed by atoms with van der Waals surface area (Å²) in [5, 5.41) is 7.72. The second kappa shape index (κ2) is 5.58. The van der Waals surface area contributed by atoms with Crippen LogP contribution in [-0.4, -0.2) is 33.0 Å². The van der Waals surface area contributed by atoms with Crippen LogP contribution in [0.1, 0.15) is 30.1 Å². The first-order chi connectivity index (χ1) is 9.74. The Bertz CT molecular complexity index is 572. The summed E-state index contributed by atoms with van der Waals surface area (Å²) in [6.45, 7) is 5.67. The third kappa shape index (κ3) is 2.65. The average Bonchev–Trinajstić information content (AvgIpc) is 2.84. The van der Waals surface area contributed by atoms with E-state index in [4.69, 9.17) is 4.74 Å². The molecule has 2 aromatic heterocycles. The maximum absolute atomic E-state index is 5.40. The molecule has 1 aliphatic rings. The van der Waals surface area contributed by atoms with Gasteiger partial charge in [0.15, 0.2) is 0 Å². The van der Waals surface area contributed by atoms with Gasteiger partial charge in [0.2, 0.25) is 5.95 Å². The van der Waals surface area contributed by atoms with Crippen LogP contribution in [0.5, 0.6) is 0 Å². The molecule has 1 fully saturated rings. The molecule has 0 saturated carbocycles. The van der Waals surface area contributed by atoms with Gasteiger partial charge < -0.3 is 10.1 Å². The van der Waals surface area contributed by atoms with Gasteiger partial charge in [0.05, 0.1) is 23.6 Å². The Hall–Kier alpha value is -1.95. The minimum atomic E-state index is 0.429. The molecule has 0 unspecified atom stereocenters. The van der Waals surface area contributed by atoms with E-state index in [1.54, 1.807) is 12.4 Å². The van der Waals surface area contributed by atoms with Gasteiger partial charge in [0, 0.05) is 25.6 Å². The molecular formula is C14H19N5O. The second-order valence-electron chi connectivity index (χ2n) is 5.14. The summed E-state index contributed by atoms with van der Waals surface area (Å²) in [7, 11) is 0. The quantitative estimate of drug-likeness (QED) is 0.930. The third-order valence-corrected chi connectivity index (χ3v) is 3.61. The number of nitrogens with zero attached hydrogens (tertiary/aromatic N) is 4. The molecule has 0 radical (unpaired) electrons. The Morgan fingerprint density at radius 1 is 1.15 bits per heavy atom. The molecule has 6 heteroatoms. The Kier molecular flexibility index (Phi) is 3.64. The summed E-state index contributed by atoms with van der Waals surface area (Å²) in [6, 6.07) is 0.429. The van der Waals surface area contributed by atoms with Crippen molar-refractivity contribution in [3.05, 3.63) is 29.8 Å². The highest BCUT2D eigenvalue weighted by Crippen LogP contribution is 2.26. The number of nitrogens with one attached hydrogen (secondary N) is 1. The summed E-state index contributed by atoms with van der Waals surface area (Å²) in [4.78, 5) is 8.51. The van der Waals surface area contributed by atoms with Crippen LogP contribution >= 0.6 is 0 Å². The summed E-state index contributed by atoms with van der Waals surface area (Å²) in [5.41, 5.74) is 3.12. The zero-order chi connectivity index (χ0) is 13.9. The van der Waals surface area contributed by atoms with E-state index in [1.807, 2.05) is 13.1 Å². The van der Waals surface area contributed by atoms with E-state index >= 15 is 0 Å². The Balaban J connectivity index is 1.77. The number of aromatic nitrogens is 4. The van der Waals surface area contributed by atoms with Crippen LogP contribution in [0, 0.1) is 13.8 Å². The molecular weight excluding hydrogens is 254 g/mol. The van der Waals surface area contributed by atoms with Gasteiger partial charge >= 0.3 is 0 Å². The van der Waals surface area contributed by atoms with Gasteiger partial charge in [0.1, 0.15) is 0 Å². The van der Waals surface area contributed by atoms with E-state index in [0.717, 1.165) is 43.0 Å². The molecule has 1 aliphatic heterocycles. The fraction of sp³-hybridized carbons (Fsp3) is 0.500. The van der Waals surface area contributed by atoms with Gasteiger partial charge in [-0.15, -0.1) is 0 Å². The predicted molar refractivity (Wildman–Crippen MR) is 76.1 cm³/mol. The van der Waals surface area contributed by atoms with Crippen molar-refractivity contribution >= 4 is 11.6 Å². The minimum absolute atomic E-state index is 0.429. The number of aryl methyl sites for hydroxylation is 1. The smallest absolute Gasteiger partial charge is 0.227 e. The standard InChI is InChI=1S/C14H19N5O/c1-10-7-15-14(16-8-10)18-13-9-17-19(11(13)2)12-3-5-20-6-4-12/h7-9,12H,3-6H2,1-2H3,(H,15,16,18). The first-order valence-corrected chi connectivity index (χ1v) is 6.91. The molecule has 0 atom stereocenters. The van der Waals surface area contributed by atoms with Gasteiger partial charge in [-0.3, -0.25) is 4.68 Å². The Morgan fingerprint density at radius 2 is 1.85 bits per heavy atom. The van der Waals surface area contributed by atoms with Gasteiger partial charge in [-0.05, 0) is 32.3 Å². The molecule has 1 saturated heterocycles. The van der Waals surface area contributed by atoms with Crippen molar-refractivity contribution in [1.29, 1.82) is 0 Å². The second-order valence-corrected chi connectivity index (χ2v) is 5.14. The SMILES string of the molecule is Cc1cnc(Nc2cnn(C3CCOCC3)c2C)nc1. The summed E-state index contributed by atoms with van der Waals surface area (Å²) < 4.78 is 7.48. The van der Waals surface area contributed by atoms with E-state index in [1.165, 1.54) is 0 Å². The topological polar surface area (TPSA) is 64.9 Å². The lowest BCUT2D eigenvalue weighted by atomic mass is 10.1. The van der Waals surface area contributed by atoms with E-state index in [9.17, 15) is 0 Å². The molecule has 2 aromatic rings. The molecule has 0 bridgehead atoms. The summed E-state index contributed by atoms with van der Waals surface area (Å²) >= 11 is 0. The highest BCUT2D eigenvalue weighted by molar-refractivity contribution is 5.54. The van der Waals surface area contributed by atoms with Gasteiger partial charge in [-0.1, -0.05) is 0 Å². The maximum atomic E-state index is 5.40. The fourth-order valence-corrected chi connectivity index (χ4v) is 2.42. The molecule has 0 spiro atoms. The number of hydrogen-bond donors (Lipinski definition) is 1. The average molecular weight is 273 g/mol. The van der Waals surface area contributed by atoms with Crippen LogP contribution in [0.2, 0.25) is 0 Å². The zero-order valence-corrected chi connectivity index (χ0v) is 11.8. The molecule has 3 rings (SSSR count). The molecule has 20 heavy (non-hydrogen) atoms. The van der Waals surface area contributed by atoms with Gasteiger partial charge in [-0.25, -0.2) is 9.97 Å². The van der Waals surface area contributed by atoms with Crippen molar-refractivity contribution in [2.75, 3.05) is 18.5 Å². The van der Waals surface area contributed by atoms with Crippen molar-refractivity contribution in [2.24, 2.45) is 0 Å². The largest absolute Gasteiger partial charge is 0.381 e. The number of hydrogen-bond acceptors (Lipinski definition) is 5. The summed E-state index contributed by atoms with van der Waals surface area (Å²) in [5.74, 6) is 0.602. The van der Waals surface area contributed by atoms with Crippen molar-refractivity contribution in [3.63, 3.8) is 0 Å². The third-order valence-electron chi connectivity index (χ3n) is 3.61. The molecule has 3 heterocycles. The lowest BCUT2D eigenvalue weighted by Crippen LogP contribution is -2.21. The number of ether oxygens (including phenoxy) is 1. The molecule has 0 aliphatic carbocycles. The first kappa shape index (κ1) is 13.1. The number of rotatable bonds is 3. The fourth-order valence-electron chi connectivity index (χ4n) is 2.42. The Labute approximate surface area is 118 Å². The van der Waals surface area contributed by atoms with Crippen LogP contribution in [0.25, 0.3) is 0 Å². The van der Waals surface area contributed by atoms with Crippen LogP contribution in [0.4, 0.5) is 11.6 Å².